The Morgan fingerprint density at radius 3 is 2.82 bits per heavy atom. The number of fused-ring (bicyclic) bond motifs is 1. The molecule has 1 aliphatic carbocycles. The molecule has 3 aromatic heterocycles. The van der Waals surface area contributed by atoms with Crippen molar-refractivity contribution >= 4 is 28.3 Å². The van der Waals surface area contributed by atoms with Crippen LogP contribution in [0.1, 0.15) is 12.1 Å². The number of nitrogens with one attached hydrogen (secondary N) is 2. The van der Waals surface area contributed by atoms with E-state index in [4.69, 9.17) is 11.0 Å². The van der Waals surface area contributed by atoms with Crippen molar-refractivity contribution in [3.05, 3.63) is 30.2 Å². The van der Waals surface area contributed by atoms with Crippen molar-refractivity contribution in [3.8, 4) is 17.3 Å². The molecule has 1 saturated carbocycles. The van der Waals surface area contributed by atoms with Gasteiger partial charge < -0.3 is 11.1 Å². The van der Waals surface area contributed by atoms with Crippen LogP contribution in [0.25, 0.3) is 22.0 Å². The molecule has 3 heterocycles. The lowest BCUT2D eigenvalue weighted by atomic mass is 10.1. The third kappa shape index (κ3) is 3.09. The molecule has 2 atom stereocenters. The lowest BCUT2D eigenvalue weighted by Gasteiger charge is -2.10. The van der Waals surface area contributed by atoms with Gasteiger partial charge in [0.15, 0.2) is 0 Å². The van der Waals surface area contributed by atoms with E-state index in [2.05, 4.69) is 20.4 Å². The van der Waals surface area contributed by atoms with Crippen molar-refractivity contribution in [1.82, 2.24) is 20.2 Å². The normalized spacial score (nSPS) is 18.6. The Balaban J connectivity index is 1.71. The van der Waals surface area contributed by atoms with Gasteiger partial charge in [0.25, 0.3) is 0 Å². The number of hydrogen-bond donors (Lipinski definition) is 3. The van der Waals surface area contributed by atoms with Crippen molar-refractivity contribution in [2.24, 2.45) is 11.8 Å². The molecule has 28 heavy (non-hydrogen) atoms. The highest BCUT2D eigenvalue weighted by molar-refractivity contribution is 5.98. The largest absolute Gasteiger partial charge is 0.433 e. The SMILES string of the molecule is N#CC1CC1C(=O)Nc1cc2cc(-c3cn[nH]c3C(F)(F)F)nc(N)c2cn1. The maximum atomic E-state index is 13.1. The first-order valence-electron chi connectivity index (χ1n) is 8.15. The molecule has 0 radical (unpaired) electrons. The molecule has 0 aromatic carbocycles. The first-order chi connectivity index (χ1) is 13.3. The molecule has 1 amide bonds. The third-order valence-corrected chi connectivity index (χ3v) is 4.49. The topological polar surface area (TPSA) is 133 Å². The number of carbonyl (C=O) groups excluding carboxylic acids is 1. The summed E-state index contributed by atoms with van der Waals surface area (Å²) in [6.07, 6.45) is -1.73. The number of rotatable bonds is 3. The van der Waals surface area contributed by atoms with E-state index in [1.165, 1.54) is 18.3 Å². The zero-order valence-electron chi connectivity index (χ0n) is 14.1. The van der Waals surface area contributed by atoms with Gasteiger partial charge in [0, 0.05) is 11.6 Å². The highest BCUT2D eigenvalue weighted by atomic mass is 19.4. The number of nitrogens with zero attached hydrogens (tertiary/aromatic N) is 4. The van der Waals surface area contributed by atoms with Gasteiger partial charge in [-0.15, -0.1) is 0 Å². The summed E-state index contributed by atoms with van der Waals surface area (Å²) in [6, 6.07) is 4.93. The maximum absolute atomic E-state index is 13.1. The number of pyridine rings is 2. The number of nitrogens with two attached hydrogens (primary N) is 1. The monoisotopic (exact) mass is 387 g/mol. The number of alkyl halides is 3. The van der Waals surface area contributed by atoms with Crippen LogP contribution in [0.15, 0.2) is 24.5 Å². The number of nitriles is 1. The molecule has 8 nitrogen and oxygen atoms in total. The van der Waals surface area contributed by atoms with E-state index in [0.717, 1.165) is 6.20 Å². The number of aromatic amines is 1. The van der Waals surface area contributed by atoms with Gasteiger partial charge in [-0.1, -0.05) is 0 Å². The van der Waals surface area contributed by atoms with Crippen LogP contribution in [0.5, 0.6) is 0 Å². The fourth-order valence-electron chi connectivity index (χ4n) is 2.92. The van der Waals surface area contributed by atoms with Crippen LogP contribution < -0.4 is 11.1 Å². The van der Waals surface area contributed by atoms with E-state index in [1.54, 1.807) is 0 Å². The van der Waals surface area contributed by atoms with E-state index in [9.17, 15) is 18.0 Å². The van der Waals surface area contributed by atoms with E-state index in [0.29, 0.717) is 17.2 Å². The number of halogens is 3. The average molecular weight is 387 g/mol. The van der Waals surface area contributed by atoms with Gasteiger partial charge in [0.1, 0.15) is 17.3 Å². The quantitative estimate of drug-likeness (QED) is 0.633. The van der Waals surface area contributed by atoms with E-state index < -0.39 is 11.9 Å². The fourth-order valence-corrected chi connectivity index (χ4v) is 2.92. The summed E-state index contributed by atoms with van der Waals surface area (Å²) in [4.78, 5) is 20.2. The first kappa shape index (κ1) is 17.7. The van der Waals surface area contributed by atoms with Gasteiger partial charge >= 0.3 is 6.18 Å². The third-order valence-electron chi connectivity index (χ3n) is 4.49. The number of anilines is 2. The molecule has 4 N–H and O–H groups in total. The first-order valence-corrected chi connectivity index (χ1v) is 8.15. The second-order valence-corrected chi connectivity index (χ2v) is 6.41. The molecule has 1 aliphatic rings. The minimum atomic E-state index is -4.63. The minimum Gasteiger partial charge on any atom is -0.383 e. The van der Waals surface area contributed by atoms with Crippen LogP contribution in [0.4, 0.5) is 24.8 Å². The Bertz CT molecular complexity index is 1130. The van der Waals surface area contributed by atoms with E-state index in [-0.39, 0.29) is 40.6 Å². The van der Waals surface area contributed by atoms with Crippen molar-refractivity contribution in [3.63, 3.8) is 0 Å². The molecule has 0 spiro atoms. The summed E-state index contributed by atoms with van der Waals surface area (Å²) in [5.41, 5.74) is 4.60. The lowest BCUT2D eigenvalue weighted by molar-refractivity contribution is -0.140. The number of amides is 1. The molecule has 3 aromatic rings. The molecule has 142 valence electrons. The van der Waals surface area contributed by atoms with Crippen molar-refractivity contribution < 1.29 is 18.0 Å². The lowest BCUT2D eigenvalue weighted by Crippen LogP contribution is -2.15. The zero-order valence-corrected chi connectivity index (χ0v) is 14.1. The standard InChI is InChI=1S/C17H12F3N7O/c18-17(19,20)14-11(6-24-27-14)12-2-7-3-13(23-5-10(7)15(22)25-12)26-16(28)9-1-8(9)4-21/h2-3,5-6,8-9H,1H2,(H2,22,25)(H,24,27)(H,23,26,28). The molecular formula is C17H12F3N7O. The average Bonchev–Trinajstić information content (AvgIpc) is 3.25. The van der Waals surface area contributed by atoms with Gasteiger partial charge in [-0.25, -0.2) is 9.97 Å². The molecule has 11 heteroatoms. The van der Waals surface area contributed by atoms with E-state index in [1.807, 2.05) is 11.2 Å². The molecule has 0 aliphatic heterocycles. The zero-order chi connectivity index (χ0) is 20.1. The summed E-state index contributed by atoms with van der Waals surface area (Å²) in [7, 11) is 0. The fraction of sp³-hybridized carbons (Fsp3) is 0.235. The highest BCUT2D eigenvalue weighted by Gasteiger charge is 2.43. The number of nitrogen functional groups attached to an aromatic ring is 1. The smallest absolute Gasteiger partial charge is 0.383 e. The Hall–Kier alpha value is -3.68. The number of H-pyrrole nitrogens is 1. The van der Waals surface area contributed by atoms with Crippen LogP contribution in [0.3, 0.4) is 0 Å². The Morgan fingerprint density at radius 1 is 1.36 bits per heavy atom. The Morgan fingerprint density at radius 2 is 2.14 bits per heavy atom. The second kappa shape index (κ2) is 6.19. The van der Waals surface area contributed by atoms with Gasteiger partial charge in [-0.05, 0) is 23.9 Å². The van der Waals surface area contributed by atoms with Crippen molar-refractivity contribution in [1.29, 1.82) is 5.26 Å². The summed E-state index contributed by atoms with van der Waals surface area (Å²) < 4.78 is 39.4. The predicted molar refractivity (Wildman–Crippen MR) is 92.4 cm³/mol. The summed E-state index contributed by atoms with van der Waals surface area (Å²) in [5.74, 6) is -0.788. The summed E-state index contributed by atoms with van der Waals surface area (Å²) in [5, 5.41) is 17.7. The van der Waals surface area contributed by atoms with Crippen LogP contribution >= 0.6 is 0 Å². The molecule has 0 bridgehead atoms. The van der Waals surface area contributed by atoms with Crippen LogP contribution in [-0.2, 0) is 11.0 Å². The molecular weight excluding hydrogens is 375 g/mol. The van der Waals surface area contributed by atoms with Crippen LogP contribution in [-0.4, -0.2) is 26.1 Å². The Kier molecular flexibility index (Phi) is 3.92. The molecule has 4 rings (SSSR count). The van der Waals surface area contributed by atoms with Crippen LogP contribution in [0.2, 0.25) is 0 Å². The predicted octanol–water partition coefficient (Wildman–Crippen LogP) is 2.72. The second-order valence-electron chi connectivity index (χ2n) is 6.41. The molecule has 1 fully saturated rings. The number of hydrogen-bond acceptors (Lipinski definition) is 6. The highest BCUT2D eigenvalue weighted by Crippen LogP contribution is 2.39. The van der Waals surface area contributed by atoms with Gasteiger partial charge in [0.05, 0.1) is 35.4 Å². The van der Waals surface area contributed by atoms with Crippen molar-refractivity contribution in [2.75, 3.05) is 11.1 Å². The van der Waals surface area contributed by atoms with Crippen molar-refractivity contribution in [2.45, 2.75) is 12.6 Å². The molecule has 0 saturated heterocycles. The van der Waals surface area contributed by atoms with Crippen LogP contribution in [0, 0.1) is 23.2 Å². The maximum Gasteiger partial charge on any atom is 0.433 e. The number of carbonyl (C=O) groups is 1. The molecule has 2 unspecified atom stereocenters. The van der Waals surface area contributed by atoms with Gasteiger partial charge in [0.2, 0.25) is 5.91 Å². The van der Waals surface area contributed by atoms with Gasteiger partial charge in [-0.2, -0.15) is 23.5 Å². The van der Waals surface area contributed by atoms with Gasteiger partial charge in [-0.3, -0.25) is 9.89 Å². The van der Waals surface area contributed by atoms with E-state index >= 15 is 0 Å². The minimum absolute atomic E-state index is 0.000983. The summed E-state index contributed by atoms with van der Waals surface area (Å²) >= 11 is 0. The number of aromatic nitrogens is 4. The summed E-state index contributed by atoms with van der Waals surface area (Å²) in [6.45, 7) is 0. The Labute approximate surface area is 155 Å².